The molecule has 0 bridgehead atoms. The largest absolute Gasteiger partial charge is 0.480 e. The molecule has 2 atom stereocenters. The normalized spacial score (nSPS) is 20.4. The lowest BCUT2D eigenvalue weighted by Crippen LogP contribution is -2.43. The molecule has 0 radical (unpaired) electrons. The zero-order valence-corrected chi connectivity index (χ0v) is 14.6. The Balaban J connectivity index is 2.11. The van der Waals surface area contributed by atoms with E-state index in [-0.39, 0.29) is 18.0 Å². The summed E-state index contributed by atoms with van der Waals surface area (Å²) in [6.07, 6.45) is 0.178. The summed E-state index contributed by atoms with van der Waals surface area (Å²) >= 11 is 0. The number of ether oxygens (including phenoxy) is 1. The molecule has 7 heteroatoms. The number of hydrogen-bond acceptors (Lipinski definition) is 4. The van der Waals surface area contributed by atoms with Gasteiger partial charge in [0.1, 0.15) is 11.6 Å². The molecular formula is C18H23NO6. The van der Waals surface area contributed by atoms with E-state index in [2.05, 4.69) is 0 Å². The van der Waals surface area contributed by atoms with Gasteiger partial charge in [0.05, 0.1) is 5.56 Å². The number of nitrogens with zero attached hydrogens (tertiary/aromatic N) is 1. The van der Waals surface area contributed by atoms with Gasteiger partial charge in [0.25, 0.3) is 0 Å². The van der Waals surface area contributed by atoms with Crippen LogP contribution in [-0.2, 0) is 16.0 Å². The third kappa shape index (κ3) is 4.95. The fourth-order valence-electron chi connectivity index (χ4n) is 2.99. The van der Waals surface area contributed by atoms with Gasteiger partial charge < -0.3 is 14.9 Å². The number of rotatable bonds is 4. The summed E-state index contributed by atoms with van der Waals surface area (Å²) in [7, 11) is 0. The fraction of sp³-hybridized carbons (Fsp3) is 0.500. The molecule has 1 aliphatic heterocycles. The zero-order valence-electron chi connectivity index (χ0n) is 14.6. The van der Waals surface area contributed by atoms with E-state index >= 15 is 0 Å². The van der Waals surface area contributed by atoms with Gasteiger partial charge >= 0.3 is 18.0 Å². The minimum atomic E-state index is -1.06. The number of carbonyl (C=O) groups excluding carboxylic acids is 1. The first-order valence-corrected chi connectivity index (χ1v) is 8.11. The highest BCUT2D eigenvalue weighted by atomic mass is 16.6. The van der Waals surface area contributed by atoms with E-state index in [1.54, 1.807) is 39.0 Å². The van der Waals surface area contributed by atoms with Crippen LogP contribution >= 0.6 is 0 Å². The predicted octanol–water partition coefficient (Wildman–Crippen LogP) is 2.64. The molecule has 1 saturated heterocycles. The van der Waals surface area contributed by atoms with Crippen molar-refractivity contribution in [1.82, 2.24) is 4.90 Å². The summed E-state index contributed by atoms with van der Waals surface area (Å²) < 4.78 is 5.30. The molecule has 0 aromatic heterocycles. The number of hydrogen-bond donors (Lipinski definition) is 2. The summed E-state index contributed by atoms with van der Waals surface area (Å²) in [4.78, 5) is 36.1. The number of carbonyl (C=O) groups is 3. The van der Waals surface area contributed by atoms with E-state index < -0.39 is 29.7 Å². The van der Waals surface area contributed by atoms with Crippen molar-refractivity contribution >= 4 is 18.0 Å². The monoisotopic (exact) mass is 349 g/mol. The Labute approximate surface area is 146 Å². The van der Waals surface area contributed by atoms with E-state index in [0.29, 0.717) is 12.8 Å². The lowest BCUT2D eigenvalue weighted by molar-refractivity contribution is -0.142. The second-order valence-corrected chi connectivity index (χ2v) is 7.30. The number of benzene rings is 1. The molecule has 1 aromatic rings. The van der Waals surface area contributed by atoms with E-state index in [9.17, 15) is 19.5 Å². The molecule has 0 aliphatic carbocycles. The fourth-order valence-corrected chi connectivity index (χ4v) is 2.99. The van der Waals surface area contributed by atoms with Gasteiger partial charge in [-0.25, -0.2) is 14.4 Å². The topological polar surface area (TPSA) is 104 Å². The maximum Gasteiger partial charge on any atom is 0.411 e. The highest BCUT2D eigenvalue weighted by molar-refractivity contribution is 5.87. The third-order valence-electron chi connectivity index (χ3n) is 4.00. The van der Waals surface area contributed by atoms with Gasteiger partial charge in [0.15, 0.2) is 0 Å². The Morgan fingerprint density at radius 1 is 1.24 bits per heavy atom. The van der Waals surface area contributed by atoms with Gasteiger partial charge in [-0.15, -0.1) is 0 Å². The molecule has 1 fully saturated rings. The second-order valence-electron chi connectivity index (χ2n) is 7.30. The maximum atomic E-state index is 12.3. The van der Waals surface area contributed by atoms with Crippen LogP contribution in [0.5, 0.6) is 0 Å². The minimum Gasteiger partial charge on any atom is -0.480 e. The molecule has 1 amide bonds. The SMILES string of the molecule is CC(C)(C)OC(=O)N1C[C@H](Cc2cccc(C(=O)O)c2)C[C@H]1C(=O)O. The molecule has 1 heterocycles. The summed E-state index contributed by atoms with van der Waals surface area (Å²) in [5, 5.41) is 18.5. The lowest BCUT2D eigenvalue weighted by atomic mass is 9.96. The van der Waals surface area contributed by atoms with Crippen molar-refractivity contribution < 1.29 is 29.3 Å². The number of carboxylic acids is 2. The van der Waals surface area contributed by atoms with E-state index in [1.165, 1.54) is 11.0 Å². The number of aliphatic carboxylic acids is 1. The first-order chi connectivity index (χ1) is 11.6. The Kier molecular flexibility index (Phi) is 5.35. The van der Waals surface area contributed by atoms with Crippen LogP contribution in [0.2, 0.25) is 0 Å². The number of likely N-dealkylation sites (tertiary alicyclic amines) is 1. The summed E-state index contributed by atoms with van der Waals surface area (Å²) in [6, 6.07) is 5.62. The van der Waals surface area contributed by atoms with Gasteiger partial charge in [-0.05, 0) is 57.2 Å². The van der Waals surface area contributed by atoms with Crippen molar-refractivity contribution in [2.45, 2.75) is 45.3 Å². The van der Waals surface area contributed by atoms with Gasteiger partial charge in [0.2, 0.25) is 0 Å². The maximum absolute atomic E-state index is 12.3. The van der Waals surface area contributed by atoms with Crippen LogP contribution in [0.15, 0.2) is 24.3 Å². The summed E-state index contributed by atoms with van der Waals surface area (Å²) in [5.41, 5.74) is 0.294. The molecule has 2 N–H and O–H groups in total. The zero-order chi connectivity index (χ0) is 18.8. The van der Waals surface area contributed by atoms with E-state index in [1.807, 2.05) is 0 Å². The Bertz CT molecular complexity index is 678. The smallest absolute Gasteiger partial charge is 0.411 e. The summed E-state index contributed by atoms with van der Waals surface area (Å²) in [6.45, 7) is 5.45. The lowest BCUT2D eigenvalue weighted by Gasteiger charge is -2.26. The van der Waals surface area contributed by atoms with Crippen molar-refractivity contribution in [3.8, 4) is 0 Å². The van der Waals surface area contributed by atoms with Gasteiger partial charge in [-0.3, -0.25) is 4.90 Å². The Morgan fingerprint density at radius 2 is 1.92 bits per heavy atom. The van der Waals surface area contributed by atoms with Crippen LogP contribution in [0.1, 0.15) is 43.1 Å². The molecule has 0 unspecified atom stereocenters. The second kappa shape index (κ2) is 7.13. The summed E-state index contributed by atoms with van der Waals surface area (Å²) in [5.74, 6) is -2.14. The van der Waals surface area contributed by atoms with Gasteiger partial charge in [0, 0.05) is 6.54 Å². The molecule has 0 saturated carbocycles. The molecule has 1 aromatic carbocycles. The van der Waals surface area contributed by atoms with Crippen LogP contribution in [0.4, 0.5) is 4.79 Å². The van der Waals surface area contributed by atoms with E-state index in [4.69, 9.17) is 9.84 Å². The molecule has 7 nitrogen and oxygen atoms in total. The van der Waals surface area contributed by atoms with Crippen LogP contribution in [0.3, 0.4) is 0 Å². The number of amides is 1. The van der Waals surface area contributed by atoms with Crippen molar-refractivity contribution in [1.29, 1.82) is 0 Å². The average molecular weight is 349 g/mol. The van der Waals surface area contributed by atoms with Crippen LogP contribution in [0, 0.1) is 5.92 Å². The number of carboxylic acid groups (broad SMARTS) is 2. The molecule has 0 spiro atoms. The molecule has 2 rings (SSSR count). The number of aromatic carboxylic acids is 1. The highest BCUT2D eigenvalue weighted by Crippen LogP contribution is 2.28. The Morgan fingerprint density at radius 3 is 2.48 bits per heavy atom. The van der Waals surface area contributed by atoms with Crippen molar-refractivity contribution in [3.63, 3.8) is 0 Å². The van der Waals surface area contributed by atoms with Crippen LogP contribution < -0.4 is 0 Å². The van der Waals surface area contributed by atoms with Crippen molar-refractivity contribution in [2.75, 3.05) is 6.54 Å². The van der Waals surface area contributed by atoms with E-state index in [0.717, 1.165) is 5.56 Å². The van der Waals surface area contributed by atoms with Gasteiger partial charge in [-0.1, -0.05) is 12.1 Å². The van der Waals surface area contributed by atoms with Crippen molar-refractivity contribution in [2.24, 2.45) is 5.92 Å². The van der Waals surface area contributed by atoms with Crippen LogP contribution in [-0.4, -0.2) is 51.3 Å². The predicted molar refractivity (Wildman–Crippen MR) is 89.6 cm³/mol. The quantitative estimate of drug-likeness (QED) is 0.866. The molecular weight excluding hydrogens is 326 g/mol. The first-order valence-electron chi connectivity index (χ1n) is 8.11. The average Bonchev–Trinajstić information content (AvgIpc) is 2.90. The Hall–Kier alpha value is -2.57. The highest BCUT2D eigenvalue weighted by Gasteiger charge is 2.41. The van der Waals surface area contributed by atoms with Crippen LogP contribution in [0.25, 0.3) is 0 Å². The third-order valence-corrected chi connectivity index (χ3v) is 4.00. The standard InChI is InChI=1S/C18H23NO6/c1-18(2,3)25-17(24)19-10-12(9-14(19)16(22)23)7-11-5-4-6-13(8-11)15(20)21/h4-6,8,12,14H,7,9-10H2,1-3H3,(H,20,21)(H,22,23)/t12-,14+/m1/s1. The molecule has 1 aliphatic rings. The van der Waals surface area contributed by atoms with Crippen molar-refractivity contribution in [3.05, 3.63) is 35.4 Å². The molecule has 25 heavy (non-hydrogen) atoms. The molecule has 136 valence electrons. The first kappa shape index (κ1) is 18.8. The van der Waals surface area contributed by atoms with Gasteiger partial charge in [-0.2, -0.15) is 0 Å². The minimum absolute atomic E-state index is 0.0716.